The van der Waals surface area contributed by atoms with Crippen LogP contribution in [0.5, 0.6) is 5.75 Å². The van der Waals surface area contributed by atoms with E-state index in [-0.39, 0.29) is 23.4 Å². The summed E-state index contributed by atoms with van der Waals surface area (Å²) in [4.78, 5) is 25.0. The molecule has 0 saturated carbocycles. The van der Waals surface area contributed by atoms with E-state index in [1.54, 1.807) is 18.2 Å². The molecule has 0 spiro atoms. The number of H-pyrrole nitrogens is 1. The number of carbonyl (C=O) groups excluding carboxylic acids is 1. The summed E-state index contributed by atoms with van der Waals surface area (Å²) >= 11 is 0. The third-order valence-electron chi connectivity index (χ3n) is 4.89. The summed E-state index contributed by atoms with van der Waals surface area (Å²) in [5.41, 5.74) is 0.594. The Morgan fingerprint density at radius 2 is 1.93 bits per heavy atom. The molecule has 1 aromatic heterocycles. The third-order valence-corrected chi connectivity index (χ3v) is 6.84. The Morgan fingerprint density at radius 3 is 2.66 bits per heavy atom. The maximum absolute atomic E-state index is 12.5. The average molecular weight is 423 g/mol. The first kappa shape index (κ1) is 21.3. The van der Waals surface area contributed by atoms with Gasteiger partial charge in [-0.25, -0.2) is 12.7 Å². The van der Waals surface area contributed by atoms with E-state index >= 15 is 0 Å². The summed E-state index contributed by atoms with van der Waals surface area (Å²) in [5, 5.41) is 0.877. The van der Waals surface area contributed by atoms with Crippen molar-refractivity contribution in [3.05, 3.63) is 40.7 Å². The molecule has 0 radical (unpaired) electrons. The highest BCUT2D eigenvalue weighted by Gasteiger charge is 2.28. The first-order chi connectivity index (χ1) is 13.8. The molecule has 2 heterocycles. The third kappa shape index (κ3) is 6.04. The summed E-state index contributed by atoms with van der Waals surface area (Å²) in [6.07, 6.45) is 2.01. The van der Waals surface area contributed by atoms with Gasteiger partial charge in [-0.3, -0.25) is 9.59 Å². The van der Waals surface area contributed by atoms with Crippen molar-refractivity contribution in [3.8, 4) is 5.75 Å². The van der Waals surface area contributed by atoms with Gasteiger partial charge in [0.05, 0.1) is 12.4 Å². The SMILES string of the molecule is CC(=O)OC1CCN(S(=O)(=O)CCCCOc2ccc3[nH]c(=O)ccc3c2)CC1. The number of nitrogens with zero attached hydrogens (tertiary/aromatic N) is 1. The number of rotatable bonds is 8. The summed E-state index contributed by atoms with van der Waals surface area (Å²) < 4.78 is 37.3. The molecule has 8 nitrogen and oxygen atoms in total. The van der Waals surface area contributed by atoms with Gasteiger partial charge in [0.15, 0.2) is 0 Å². The molecule has 1 saturated heterocycles. The number of ether oxygens (including phenoxy) is 2. The van der Waals surface area contributed by atoms with E-state index in [1.165, 1.54) is 17.3 Å². The van der Waals surface area contributed by atoms with E-state index in [9.17, 15) is 18.0 Å². The average Bonchev–Trinajstić information content (AvgIpc) is 2.67. The second kappa shape index (κ2) is 9.41. The quantitative estimate of drug-likeness (QED) is 0.516. The van der Waals surface area contributed by atoms with Gasteiger partial charge >= 0.3 is 5.97 Å². The van der Waals surface area contributed by atoms with Gasteiger partial charge in [-0.1, -0.05) is 0 Å². The smallest absolute Gasteiger partial charge is 0.302 e. The molecule has 1 aliphatic rings. The standard InChI is InChI=1S/C20H26N2O6S/c1-15(23)28-17-8-10-22(11-9-17)29(25,26)13-3-2-12-27-18-5-6-19-16(14-18)4-7-20(24)21-19/h4-7,14,17H,2-3,8-13H2,1H3,(H,21,24). The maximum Gasteiger partial charge on any atom is 0.302 e. The van der Waals surface area contributed by atoms with Crippen LogP contribution in [0.15, 0.2) is 35.1 Å². The molecule has 0 unspecified atom stereocenters. The molecule has 1 N–H and O–H groups in total. The topological polar surface area (TPSA) is 106 Å². The summed E-state index contributed by atoms with van der Waals surface area (Å²) in [6, 6.07) is 8.61. The van der Waals surface area contributed by atoms with Crippen LogP contribution in [0.3, 0.4) is 0 Å². The number of carbonyl (C=O) groups is 1. The van der Waals surface area contributed by atoms with Crippen molar-refractivity contribution in [1.29, 1.82) is 0 Å². The molecule has 3 rings (SSSR count). The van der Waals surface area contributed by atoms with Crippen LogP contribution in [-0.4, -0.2) is 55.2 Å². The molecular weight excluding hydrogens is 396 g/mol. The van der Waals surface area contributed by atoms with Crippen LogP contribution in [0.2, 0.25) is 0 Å². The molecule has 0 bridgehead atoms. The first-order valence-corrected chi connectivity index (χ1v) is 11.4. The monoisotopic (exact) mass is 422 g/mol. The number of aromatic nitrogens is 1. The molecule has 0 atom stereocenters. The molecule has 9 heteroatoms. The molecule has 1 aromatic carbocycles. The zero-order valence-corrected chi connectivity index (χ0v) is 17.2. The van der Waals surface area contributed by atoms with Gasteiger partial charge in [0.25, 0.3) is 0 Å². The van der Waals surface area contributed by atoms with E-state index in [4.69, 9.17) is 9.47 Å². The fourth-order valence-electron chi connectivity index (χ4n) is 3.39. The molecular formula is C20H26N2O6S. The molecule has 1 fully saturated rings. The summed E-state index contributed by atoms with van der Waals surface area (Å²) in [6.45, 7) is 2.55. The maximum atomic E-state index is 12.5. The second-order valence-electron chi connectivity index (χ2n) is 7.15. The Kier molecular flexibility index (Phi) is 6.92. The van der Waals surface area contributed by atoms with E-state index in [1.807, 2.05) is 6.07 Å². The fourth-order valence-corrected chi connectivity index (χ4v) is 4.98. The number of hydrogen-bond acceptors (Lipinski definition) is 6. The van der Waals surface area contributed by atoms with E-state index < -0.39 is 10.0 Å². The highest BCUT2D eigenvalue weighted by Crippen LogP contribution is 2.20. The highest BCUT2D eigenvalue weighted by molar-refractivity contribution is 7.89. The Balaban J connectivity index is 1.40. The second-order valence-corrected chi connectivity index (χ2v) is 9.24. The van der Waals surface area contributed by atoms with Crippen LogP contribution in [0.4, 0.5) is 0 Å². The molecule has 29 heavy (non-hydrogen) atoms. The van der Waals surface area contributed by atoms with Crippen molar-refractivity contribution >= 4 is 26.9 Å². The minimum atomic E-state index is -3.31. The van der Waals surface area contributed by atoms with Crippen LogP contribution in [0.25, 0.3) is 10.9 Å². The molecule has 0 aliphatic carbocycles. The Labute approximate surface area is 169 Å². The van der Waals surface area contributed by atoms with Crippen molar-refractivity contribution in [2.75, 3.05) is 25.4 Å². The lowest BCUT2D eigenvalue weighted by Crippen LogP contribution is -2.42. The fraction of sp³-hybridized carbons (Fsp3) is 0.500. The predicted octanol–water partition coefficient (Wildman–Crippen LogP) is 2.04. The lowest BCUT2D eigenvalue weighted by atomic mass is 10.1. The van der Waals surface area contributed by atoms with Crippen molar-refractivity contribution < 1.29 is 22.7 Å². The van der Waals surface area contributed by atoms with Gasteiger partial charge in [0, 0.05) is 37.0 Å². The number of unbranched alkanes of at least 4 members (excludes halogenated alkanes) is 1. The summed E-state index contributed by atoms with van der Waals surface area (Å²) in [5.74, 6) is 0.430. The zero-order chi connectivity index (χ0) is 20.9. The lowest BCUT2D eigenvalue weighted by Gasteiger charge is -2.30. The summed E-state index contributed by atoms with van der Waals surface area (Å²) in [7, 11) is -3.31. The number of piperidine rings is 1. The van der Waals surface area contributed by atoms with Crippen molar-refractivity contribution in [2.24, 2.45) is 0 Å². The van der Waals surface area contributed by atoms with E-state index in [2.05, 4.69) is 4.98 Å². The van der Waals surface area contributed by atoms with Crippen LogP contribution in [-0.2, 0) is 19.6 Å². The van der Waals surface area contributed by atoms with Crippen LogP contribution in [0.1, 0.15) is 32.6 Å². The van der Waals surface area contributed by atoms with Crippen LogP contribution >= 0.6 is 0 Å². The molecule has 1 aliphatic heterocycles. The van der Waals surface area contributed by atoms with Gasteiger partial charge in [0.1, 0.15) is 11.9 Å². The van der Waals surface area contributed by atoms with E-state index in [0.717, 1.165) is 10.9 Å². The van der Waals surface area contributed by atoms with Gasteiger partial charge in [-0.2, -0.15) is 0 Å². The minimum absolute atomic E-state index is 0.0769. The Hall–Kier alpha value is -2.39. The van der Waals surface area contributed by atoms with Crippen molar-refractivity contribution in [1.82, 2.24) is 9.29 Å². The number of benzene rings is 1. The van der Waals surface area contributed by atoms with Crippen molar-refractivity contribution in [3.63, 3.8) is 0 Å². The Morgan fingerprint density at radius 1 is 1.17 bits per heavy atom. The number of fused-ring (bicyclic) bond motifs is 1. The van der Waals surface area contributed by atoms with Crippen LogP contribution < -0.4 is 10.3 Å². The molecule has 158 valence electrons. The molecule has 0 amide bonds. The Bertz CT molecular complexity index is 1010. The largest absolute Gasteiger partial charge is 0.494 e. The molecule has 2 aromatic rings. The van der Waals surface area contributed by atoms with Crippen molar-refractivity contribution in [2.45, 2.75) is 38.7 Å². The highest BCUT2D eigenvalue weighted by atomic mass is 32.2. The first-order valence-electron chi connectivity index (χ1n) is 9.74. The number of esters is 1. The number of sulfonamides is 1. The number of aromatic amines is 1. The van der Waals surface area contributed by atoms with E-state index in [0.29, 0.717) is 51.1 Å². The lowest BCUT2D eigenvalue weighted by molar-refractivity contribution is -0.147. The number of nitrogens with one attached hydrogen (secondary N) is 1. The number of hydrogen-bond donors (Lipinski definition) is 1. The normalized spacial score (nSPS) is 16.0. The zero-order valence-electron chi connectivity index (χ0n) is 16.4. The minimum Gasteiger partial charge on any atom is -0.494 e. The van der Waals surface area contributed by atoms with Crippen LogP contribution in [0, 0.1) is 0 Å². The van der Waals surface area contributed by atoms with Gasteiger partial charge < -0.3 is 14.5 Å². The number of pyridine rings is 1. The van der Waals surface area contributed by atoms with Gasteiger partial charge in [-0.05, 0) is 49.9 Å². The van der Waals surface area contributed by atoms with Gasteiger partial charge in [-0.15, -0.1) is 0 Å². The predicted molar refractivity (Wildman–Crippen MR) is 109 cm³/mol. The van der Waals surface area contributed by atoms with Gasteiger partial charge in [0.2, 0.25) is 15.6 Å².